The van der Waals surface area contributed by atoms with Gasteiger partial charge >= 0.3 is 0 Å². The molecule has 0 spiro atoms. The third kappa shape index (κ3) is 2.79. The third-order valence-corrected chi connectivity index (χ3v) is 2.29. The summed E-state index contributed by atoms with van der Waals surface area (Å²) in [7, 11) is 0. The summed E-state index contributed by atoms with van der Waals surface area (Å²) in [4.78, 5) is 35.1. The number of nitrogens with one attached hydrogen (secondary N) is 1. The zero-order valence-corrected chi connectivity index (χ0v) is 9.10. The molecular formula is C11H14N2O3. The first-order valence-corrected chi connectivity index (χ1v) is 4.98. The van der Waals surface area contributed by atoms with Gasteiger partial charge in [-0.3, -0.25) is 19.7 Å². The summed E-state index contributed by atoms with van der Waals surface area (Å²) in [6.45, 7) is 4.86. The smallest absolute Gasteiger partial charge is 0.249 e. The molecule has 0 aliphatic carbocycles. The minimum absolute atomic E-state index is 0.243. The first-order valence-electron chi connectivity index (χ1n) is 4.98. The molecule has 1 rings (SSSR count). The van der Waals surface area contributed by atoms with Crippen LogP contribution in [0, 0.1) is 0 Å². The summed E-state index contributed by atoms with van der Waals surface area (Å²) in [5.74, 6) is -0.967. The number of allylic oxidation sites excluding steroid dienone is 2. The van der Waals surface area contributed by atoms with Crippen LogP contribution in [0.5, 0.6) is 0 Å². The van der Waals surface area contributed by atoms with Crippen molar-refractivity contribution in [1.82, 2.24) is 10.2 Å². The van der Waals surface area contributed by atoms with E-state index in [9.17, 15) is 14.4 Å². The summed E-state index contributed by atoms with van der Waals surface area (Å²) >= 11 is 0. The lowest BCUT2D eigenvalue weighted by Gasteiger charge is -2.29. The molecule has 1 aliphatic rings. The minimum Gasteiger partial charge on any atom is -0.307 e. The van der Waals surface area contributed by atoms with Gasteiger partial charge in [0, 0.05) is 19.5 Å². The van der Waals surface area contributed by atoms with E-state index in [2.05, 4.69) is 11.9 Å². The topological polar surface area (TPSA) is 66.5 Å². The van der Waals surface area contributed by atoms with E-state index in [4.69, 9.17) is 0 Å². The van der Waals surface area contributed by atoms with E-state index in [0.717, 1.165) is 0 Å². The third-order valence-electron chi connectivity index (χ3n) is 2.29. The van der Waals surface area contributed by atoms with Crippen molar-refractivity contribution in [2.75, 3.05) is 0 Å². The Bertz CT molecular complexity index is 360. The van der Waals surface area contributed by atoms with Crippen LogP contribution in [0.3, 0.4) is 0 Å². The van der Waals surface area contributed by atoms with Crippen LogP contribution in [0.15, 0.2) is 24.9 Å². The molecule has 1 aliphatic heterocycles. The SMILES string of the molecule is C=C/C=C\N(C(C)=O)C1CCC(=O)NC1=O. The zero-order chi connectivity index (χ0) is 12.1. The molecule has 0 aromatic heterocycles. The van der Waals surface area contributed by atoms with Crippen LogP contribution in [0.2, 0.25) is 0 Å². The summed E-state index contributed by atoms with van der Waals surface area (Å²) in [5.41, 5.74) is 0. The van der Waals surface area contributed by atoms with Gasteiger partial charge in [-0.15, -0.1) is 0 Å². The largest absolute Gasteiger partial charge is 0.307 e. The van der Waals surface area contributed by atoms with Gasteiger partial charge < -0.3 is 4.90 Å². The molecule has 1 saturated heterocycles. The Kier molecular flexibility index (Phi) is 3.99. The van der Waals surface area contributed by atoms with Crippen LogP contribution >= 0.6 is 0 Å². The van der Waals surface area contributed by atoms with E-state index in [1.54, 1.807) is 6.08 Å². The highest BCUT2D eigenvalue weighted by molar-refractivity contribution is 6.01. The molecular weight excluding hydrogens is 208 g/mol. The molecule has 1 fully saturated rings. The van der Waals surface area contributed by atoms with Crippen molar-refractivity contribution in [2.45, 2.75) is 25.8 Å². The van der Waals surface area contributed by atoms with Gasteiger partial charge in [-0.25, -0.2) is 0 Å². The first-order chi connectivity index (χ1) is 7.56. The number of nitrogens with zero attached hydrogens (tertiary/aromatic N) is 1. The van der Waals surface area contributed by atoms with Gasteiger partial charge in [-0.2, -0.15) is 0 Å². The number of carbonyl (C=O) groups is 3. The molecule has 0 radical (unpaired) electrons. The average molecular weight is 222 g/mol. The predicted octanol–water partition coefficient (Wildman–Crippen LogP) is 0.340. The molecule has 86 valence electrons. The zero-order valence-electron chi connectivity index (χ0n) is 9.10. The van der Waals surface area contributed by atoms with Crippen LogP contribution in [0.4, 0.5) is 0 Å². The van der Waals surface area contributed by atoms with Crippen molar-refractivity contribution >= 4 is 17.7 Å². The van der Waals surface area contributed by atoms with E-state index < -0.39 is 11.9 Å². The van der Waals surface area contributed by atoms with Crippen LogP contribution in [-0.2, 0) is 14.4 Å². The summed E-state index contributed by atoms with van der Waals surface area (Å²) in [5, 5.41) is 2.21. The Labute approximate surface area is 93.8 Å². The van der Waals surface area contributed by atoms with Crippen molar-refractivity contribution in [3.05, 3.63) is 24.9 Å². The fraction of sp³-hybridized carbons (Fsp3) is 0.364. The van der Waals surface area contributed by atoms with Crippen LogP contribution in [0.25, 0.3) is 0 Å². The monoisotopic (exact) mass is 222 g/mol. The molecule has 0 aromatic rings. The van der Waals surface area contributed by atoms with Crippen LogP contribution in [-0.4, -0.2) is 28.7 Å². The number of amides is 3. The highest BCUT2D eigenvalue weighted by atomic mass is 16.2. The summed E-state index contributed by atoms with van der Waals surface area (Å²) in [6.07, 6.45) is 5.19. The van der Waals surface area contributed by atoms with Crippen molar-refractivity contribution in [1.29, 1.82) is 0 Å². The maximum Gasteiger partial charge on any atom is 0.249 e. The molecule has 1 atom stereocenters. The number of rotatable bonds is 3. The lowest BCUT2D eigenvalue weighted by atomic mass is 10.0. The normalized spacial score (nSPS) is 20.7. The van der Waals surface area contributed by atoms with Gasteiger partial charge in [0.15, 0.2) is 0 Å². The molecule has 16 heavy (non-hydrogen) atoms. The molecule has 1 unspecified atom stereocenters. The van der Waals surface area contributed by atoms with Crippen molar-refractivity contribution in [2.24, 2.45) is 0 Å². The van der Waals surface area contributed by atoms with Crippen LogP contribution in [0.1, 0.15) is 19.8 Å². The van der Waals surface area contributed by atoms with Gasteiger partial charge in [0.2, 0.25) is 17.7 Å². The second-order valence-electron chi connectivity index (χ2n) is 3.47. The minimum atomic E-state index is -0.605. The average Bonchev–Trinajstić information content (AvgIpc) is 2.20. The van der Waals surface area contributed by atoms with E-state index in [1.807, 2.05) is 0 Å². The van der Waals surface area contributed by atoms with Gasteiger partial charge in [0.25, 0.3) is 0 Å². The number of hydrogen-bond acceptors (Lipinski definition) is 3. The number of hydrogen-bond donors (Lipinski definition) is 1. The van der Waals surface area contributed by atoms with Crippen molar-refractivity contribution in [3.63, 3.8) is 0 Å². The van der Waals surface area contributed by atoms with Gasteiger partial charge in [0.05, 0.1) is 0 Å². The molecule has 1 heterocycles. The molecule has 5 heteroatoms. The maximum atomic E-state index is 11.5. The van der Waals surface area contributed by atoms with Gasteiger partial charge in [-0.05, 0) is 12.5 Å². The summed E-state index contributed by atoms with van der Waals surface area (Å²) < 4.78 is 0. The quantitative estimate of drug-likeness (QED) is 0.553. The fourth-order valence-electron chi connectivity index (χ4n) is 1.53. The predicted molar refractivity (Wildman–Crippen MR) is 58.0 cm³/mol. The fourth-order valence-corrected chi connectivity index (χ4v) is 1.53. The molecule has 1 N–H and O–H groups in total. The van der Waals surface area contributed by atoms with Crippen molar-refractivity contribution < 1.29 is 14.4 Å². The molecule has 5 nitrogen and oxygen atoms in total. The second-order valence-corrected chi connectivity index (χ2v) is 3.47. The van der Waals surface area contributed by atoms with E-state index in [1.165, 1.54) is 24.1 Å². The highest BCUT2D eigenvalue weighted by Crippen LogP contribution is 2.13. The second kappa shape index (κ2) is 5.25. The number of piperidine rings is 1. The Balaban J connectivity index is 2.82. The summed E-state index contributed by atoms with van der Waals surface area (Å²) in [6, 6.07) is -0.605. The highest BCUT2D eigenvalue weighted by Gasteiger charge is 2.31. The van der Waals surface area contributed by atoms with E-state index in [-0.39, 0.29) is 18.2 Å². The van der Waals surface area contributed by atoms with Crippen molar-refractivity contribution in [3.8, 4) is 0 Å². The van der Waals surface area contributed by atoms with Crippen LogP contribution < -0.4 is 5.32 Å². The Morgan fingerprint density at radius 3 is 2.75 bits per heavy atom. The molecule has 0 bridgehead atoms. The number of carbonyl (C=O) groups excluding carboxylic acids is 3. The number of imide groups is 1. The molecule has 3 amide bonds. The molecule has 0 saturated carbocycles. The van der Waals surface area contributed by atoms with E-state index in [0.29, 0.717) is 6.42 Å². The van der Waals surface area contributed by atoms with E-state index >= 15 is 0 Å². The maximum absolute atomic E-state index is 11.5. The van der Waals surface area contributed by atoms with Gasteiger partial charge in [-0.1, -0.05) is 12.7 Å². The molecule has 0 aromatic carbocycles. The Morgan fingerprint density at radius 1 is 1.56 bits per heavy atom. The Morgan fingerprint density at radius 2 is 2.25 bits per heavy atom. The lowest BCUT2D eigenvalue weighted by Crippen LogP contribution is -2.52. The standard InChI is InChI=1S/C11H14N2O3/c1-3-4-7-13(8(2)14)9-5-6-10(15)12-11(9)16/h3-4,7,9H,1,5-6H2,2H3,(H,12,15,16)/b7-4-. The lowest BCUT2D eigenvalue weighted by molar-refractivity contribution is -0.142. The Hall–Kier alpha value is -1.91. The first kappa shape index (κ1) is 12.2. The van der Waals surface area contributed by atoms with Gasteiger partial charge in [0.1, 0.15) is 6.04 Å².